The van der Waals surface area contributed by atoms with Gasteiger partial charge in [-0.25, -0.2) is 4.39 Å². The smallest absolute Gasteiger partial charge is 0.127 e. The number of nitrogens with zero attached hydrogens (tertiary/aromatic N) is 1. The van der Waals surface area contributed by atoms with E-state index in [1.807, 2.05) is 32.2 Å². The number of benzene rings is 4. The highest BCUT2D eigenvalue weighted by molar-refractivity contribution is 6.11. The molecule has 4 aromatic carbocycles. The van der Waals surface area contributed by atoms with Crippen molar-refractivity contribution >= 4 is 32.3 Å². The third kappa shape index (κ3) is 3.27. The van der Waals surface area contributed by atoms with E-state index in [0.717, 1.165) is 27.6 Å². The van der Waals surface area contributed by atoms with Crippen molar-refractivity contribution < 1.29 is 4.39 Å². The van der Waals surface area contributed by atoms with Gasteiger partial charge in [0, 0.05) is 17.1 Å². The van der Waals surface area contributed by atoms with E-state index < -0.39 is 0 Å². The molecular formula is C29H26FN. The maximum absolute atomic E-state index is 14.9. The van der Waals surface area contributed by atoms with E-state index in [0.29, 0.717) is 5.92 Å². The third-order valence-corrected chi connectivity index (χ3v) is 6.27. The first-order valence-corrected chi connectivity index (χ1v) is 11.0. The molecule has 5 rings (SSSR count). The van der Waals surface area contributed by atoms with Gasteiger partial charge in [-0.2, -0.15) is 0 Å². The molecule has 31 heavy (non-hydrogen) atoms. The Balaban J connectivity index is 1.82. The van der Waals surface area contributed by atoms with Gasteiger partial charge in [0.25, 0.3) is 0 Å². The van der Waals surface area contributed by atoms with Crippen molar-refractivity contribution in [1.82, 2.24) is 4.98 Å². The van der Waals surface area contributed by atoms with Crippen LogP contribution in [-0.4, -0.2) is 4.98 Å². The number of hydrogen-bond donors (Lipinski definition) is 0. The van der Waals surface area contributed by atoms with Crippen molar-refractivity contribution in [3.8, 4) is 11.3 Å². The number of aromatic nitrogens is 1. The van der Waals surface area contributed by atoms with E-state index in [9.17, 15) is 4.39 Å². The van der Waals surface area contributed by atoms with Gasteiger partial charge in [-0.05, 0) is 80.2 Å². The minimum Gasteiger partial charge on any atom is -0.256 e. The number of fused-ring (bicyclic) bond motifs is 4. The molecule has 5 aromatic rings. The van der Waals surface area contributed by atoms with Crippen molar-refractivity contribution in [2.75, 3.05) is 0 Å². The van der Waals surface area contributed by atoms with E-state index in [4.69, 9.17) is 4.98 Å². The fourth-order valence-electron chi connectivity index (χ4n) is 4.66. The number of rotatable bonds is 3. The zero-order valence-corrected chi connectivity index (χ0v) is 18.4. The molecule has 0 saturated carbocycles. The molecule has 1 heterocycles. The van der Waals surface area contributed by atoms with Crippen molar-refractivity contribution in [3.63, 3.8) is 0 Å². The Morgan fingerprint density at radius 2 is 1.42 bits per heavy atom. The van der Waals surface area contributed by atoms with Crippen LogP contribution in [0.5, 0.6) is 0 Å². The lowest BCUT2D eigenvalue weighted by atomic mass is 9.88. The van der Waals surface area contributed by atoms with Gasteiger partial charge < -0.3 is 0 Å². The van der Waals surface area contributed by atoms with Crippen molar-refractivity contribution in [3.05, 3.63) is 89.9 Å². The normalized spacial score (nSPS) is 12.0. The largest absolute Gasteiger partial charge is 0.256 e. The van der Waals surface area contributed by atoms with Crippen LogP contribution >= 0.6 is 0 Å². The Hall–Kier alpha value is -3.26. The van der Waals surface area contributed by atoms with Gasteiger partial charge in [-0.3, -0.25) is 4.98 Å². The lowest BCUT2D eigenvalue weighted by Gasteiger charge is -2.17. The van der Waals surface area contributed by atoms with E-state index in [1.165, 1.54) is 27.1 Å². The van der Waals surface area contributed by atoms with Gasteiger partial charge in [-0.1, -0.05) is 64.1 Å². The lowest BCUT2D eigenvalue weighted by Crippen LogP contribution is -1.97. The summed E-state index contributed by atoms with van der Waals surface area (Å²) in [6.07, 6.45) is 1.83. The second-order valence-corrected chi connectivity index (χ2v) is 9.01. The fraction of sp³-hybridized carbons (Fsp3) is 0.207. The summed E-state index contributed by atoms with van der Waals surface area (Å²) < 4.78 is 14.9. The molecule has 154 valence electrons. The molecule has 0 unspecified atom stereocenters. The molecule has 0 saturated heterocycles. The third-order valence-electron chi connectivity index (χ3n) is 6.27. The average Bonchev–Trinajstić information content (AvgIpc) is 2.77. The predicted molar refractivity (Wildman–Crippen MR) is 130 cm³/mol. The Kier molecular flexibility index (Phi) is 4.74. The van der Waals surface area contributed by atoms with Gasteiger partial charge in [0.15, 0.2) is 0 Å². The van der Waals surface area contributed by atoms with Crippen LogP contribution in [0.15, 0.2) is 72.9 Å². The highest BCUT2D eigenvalue weighted by atomic mass is 19.1. The molecule has 0 N–H and O–H groups in total. The molecule has 0 fully saturated rings. The fourth-order valence-corrected chi connectivity index (χ4v) is 4.66. The van der Waals surface area contributed by atoms with Crippen LogP contribution in [0, 0.1) is 5.82 Å². The standard InChI is InChI=1S/C29H26FN/c1-17(2)24-14-20-11-12-31-29(26(20)16-27(24)30)22-13-21-10-9-19-7-5-6-8-23(19)28(21)25(15-22)18(3)4/h5-18H,1-4H3. The minimum absolute atomic E-state index is 0.141. The summed E-state index contributed by atoms with van der Waals surface area (Å²) in [4.78, 5) is 4.70. The quantitative estimate of drug-likeness (QED) is 0.273. The summed E-state index contributed by atoms with van der Waals surface area (Å²) in [7, 11) is 0. The van der Waals surface area contributed by atoms with Crippen LogP contribution < -0.4 is 0 Å². The van der Waals surface area contributed by atoms with Crippen molar-refractivity contribution in [2.45, 2.75) is 39.5 Å². The van der Waals surface area contributed by atoms with Gasteiger partial charge in [0.2, 0.25) is 0 Å². The monoisotopic (exact) mass is 407 g/mol. The molecule has 0 amide bonds. The molecule has 0 radical (unpaired) electrons. The second-order valence-electron chi connectivity index (χ2n) is 9.01. The van der Waals surface area contributed by atoms with Gasteiger partial charge in [0.05, 0.1) is 5.69 Å². The Labute approximate surface area is 182 Å². The zero-order chi connectivity index (χ0) is 21.7. The molecule has 1 nitrogen and oxygen atoms in total. The van der Waals surface area contributed by atoms with Crippen LogP contribution in [0.3, 0.4) is 0 Å². The minimum atomic E-state index is -0.160. The van der Waals surface area contributed by atoms with E-state index in [-0.39, 0.29) is 11.7 Å². The first kappa shape index (κ1) is 19.7. The highest BCUT2D eigenvalue weighted by Crippen LogP contribution is 2.38. The van der Waals surface area contributed by atoms with E-state index in [1.54, 1.807) is 6.07 Å². The topological polar surface area (TPSA) is 12.9 Å². The first-order valence-electron chi connectivity index (χ1n) is 11.0. The SMILES string of the molecule is CC(C)c1cc2ccnc(-c3cc(C(C)C)c4c(ccc5ccccc54)c3)c2cc1F. The van der Waals surface area contributed by atoms with Gasteiger partial charge in [-0.15, -0.1) is 0 Å². The molecule has 0 aliphatic carbocycles. The van der Waals surface area contributed by atoms with Crippen LogP contribution in [-0.2, 0) is 0 Å². The molecular weight excluding hydrogens is 381 g/mol. The van der Waals surface area contributed by atoms with Crippen molar-refractivity contribution in [1.29, 1.82) is 0 Å². The van der Waals surface area contributed by atoms with Crippen LogP contribution in [0.1, 0.15) is 50.7 Å². The second kappa shape index (κ2) is 7.46. The predicted octanol–water partition coefficient (Wildman–Crippen LogP) is 8.59. The van der Waals surface area contributed by atoms with E-state index in [2.05, 4.69) is 62.4 Å². The molecule has 1 aromatic heterocycles. The molecule has 2 heteroatoms. The number of halogens is 1. The summed E-state index contributed by atoms with van der Waals surface area (Å²) in [6.45, 7) is 8.50. The summed E-state index contributed by atoms with van der Waals surface area (Å²) in [5.41, 5.74) is 3.91. The highest BCUT2D eigenvalue weighted by Gasteiger charge is 2.16. The Morgan fingerprint density at radius 3 is 2.19 bits per heavy atom. The maximum Gasteiger partial charge on any atom is 0.127 e. The molecule has 0 bridgehead atoms. The van der Waals surface area contributed by atoms with Gasteiger partial charge in [0.1, 0.15) is 5.82 Å². The van der Waals surface area contributed by atoms with E-state index >= 15 is 0 Å². The number of hydrogen-bond acceptors (Lipinski definition) is 1. The summed E-state index contributed by atoms with van der Waals surface area (Å²) in [5.74, 6) is 0.336. The molecule has 0 spiro atoms. The van der Waals surface area contributed by atoms with Crippen molar-refractivity contribution in [2.24, 2.45) is 0 Å². The average molecular weight is 408 g/mol. The molecule has 0 aliphatic rings. The molecule has 0 aliphatic heterocycles. The first-order chi connectivity index (χ1) is 14.9. The number of pyridine rings is 1. The summed E-state index contributed by atoms with van der Waals surface area (Å²) in [6, 6.07) is 23.0. The van der Waals surface area contributed by atoms with Gasteiger partial charge >= 0.3 is 0 Å². The summed E-state index contributed by atoms with van der Waals surface area (Å²) >= 11 is 0. The molecule has 0 atom stereocenters. The summed E-state index contributed by atoms with van der Waals surface area (Å²) in [5, 5.41) is 6.90. The Morgan fingerprint density at radius 1 is 0.677 bits per heavy atom. The lowest BCUT2D eigenvalue weighted by molar-refractivity contribution is 0.600. The van der Waals surface area contributed by atoms with Crippen LogP contribution in [0.2, 0.25) is 0 Å². The van der Waals surface area contributed by atoms with Crippen LogP contribution in [0.25, 0.3) is 43.6 Å². The zero-order valence-electron chi connectivity index (χ0n) is 18.4. The van der Waals surface area contributed by atoms with Crippen LogP contribution in [0.4, 0.5) is 4.39 Å². The Bertz CT molecular complexity index is 1450. The maximum atomic E-state index is 14.9.